The molecule has 9 heteroatoms. The van der Waals surface area contributed by atoms with E-state index >= 15 is 0 Å². The van der Waals surface area contributed by atoms with Crippen LogP contribution in [-0.2, 0) is 4.74 Å². The molecule has 8 nitrogen and oxygen atoms in total. The zero-order valence-corrected chi connectivity index (χ0v) is 13.0. The van der Waals surface area contributed by atoms with Crippen LogP contribution in [-0.4, -0.2) is 32.8 Å². The third-order valence-corrected chi connectivity index (χ3v) is 4.00. The molecule has 110 valence electrons. The third-order valence-electron chi connectivity index (χ3n) is 2.85. The van der Waals surface area contributed by atoms with Gasteiger partial charge in [0, 0.05) is 6.07 Å². The number of nitro groups is 1. The van der Waals surface area contributed by atoms with Gasteiger partial charge in [-0.1, -0.05) is 0 Å². The maximum atomic E-state index is 11.5. The van der Waals surface area contributed by atoms with Gasteiger partial charge in [-0.15, -0.1) is 0 Å². The summed E-state index contributed by atoms with van der Waals surface area (Å²) >= 11 is 3.35. The topological polar surface area (TPSA) is 100 Å². The van der Waals surface area contributed by atoms with Crippen molar-refractivity contribution in [2.75, 3.05) is 7.11 Å². The van der Waals surface area contributed by atoms with Crippen LogP contribution < -0.4 is 0 Å². The monoisotopic (exact) mass is 354 g/mol. The molecular weight excluding hydrogens is 344 g/mol. The Hall–Kier alpha value is -2.29. The minimum Gasteiger partial charge on any atom is -0.464 e. The van der Waals surface area contributed by atoms with E-state index < -0.39 is 10.9 Å². The molecule has 0 aromatic carbocycles. The Balaban J connectivity index is 2.71. The number of hydrogen-bond acceptors (Lipinski definition) is 6. The molecule has 0 aliphatic carbocycles. The number of rotatable bonds is 3. The predicted octanol–water partition coefficient (Wildman–Crippen LogP) is 2.34. The van der Waals surface area contributed by atoms with E-state index in [1.54, 1.807) is 13.8 Å². The highest BCUT2D eigenvalue weighted by molar-refractivity contribution is 9.10. The SMILES string of the molecule is COC(=O)c1ccc([N+](=O)[O-])c(-n2nc(C)c(Br)c2C)n1. The number of aryl methyl sites for hydroxylation is 1. The molecule has 0 aliphatic rings. The van der Waals surface area contributed by atoms with Gasteiger partial charge < -0.3 is 4.74 Å². The van der Waals surface area contributed by atoms with Crippen LogP contribution >= 0.6 is 15.9 Å². The first kappa shape index (κ1) is 15.1. The number of nitrogens with zero attached hydrogens (tertiary/aromatic N) is 4. The second-order valence-electron chi connectivity index (χ2n) is 4.18. The number of aromatic nitrogens is 3. The third kappa shape index (κ3) is 2.64. The number of carbonyl (C=O) groups excluding carboxylic acids is 1. The number of pyridine rings is 1. The summed E-state index contributed by atoms with van der Waals surface area (Å²) in [5.74, 6) is -0.707. The van der Waals surface area contributed by atoms with Crippen molar-refractivity contribution < 1.29 is 14.5 Å². The van der Waals surface area contributed by atoms with Crippen LogP contribution in [0.15, 0.2) is 16.6 Å². The van der Waals surface area contributed by atoms with Crippen molar-refractivity contribution >= 4 is 27.6 Å². The van der Waals surface area contributed by atoms with E-state index in [2.05, 4.69) is 30.7 Å². The zero-order valence-electron chi connectivity index (χ0n) is 11.5. The van der Waals surface area contributed by atoms with E-state index in [0.717, 1.165) is 4.47 Å². The lowest BCUT2D eigenvalue weighted by molar-refractivity contribution is -0.385. The maximum Gasteiger partial charge on any atom is 0.356 e. The van der Waals surface area contributed by atoms with Crippen molar-refractivity contribution in [1.82, 2.24) is 14.8 Å². The van der Waals surface area contributed by atoms with Crippen molar-refractivity contribution in [3.05, 3.63) is 43.8 Å². The first-order valence-electron chi connectivity index (χ1n) is 5.82. The minimum atomic E-state index is -0.674. The number of carbonyl (C=O) groups is 1. The van der Waals surface area contributed by atoms with E-state index in [0.29, 0.717) is 11.4 Å². The predicted molar refractivity (Wildman–Crippen MR) is 76.5 cm³/mol. The molecule has 0 atom stereocenters. The van der Waals surface area contributed by atoms with Gasteiger partial charge in [-0.2, -0.15) is 5.10 Å². The molecule has 0 unspecified atom stereocenters. The highest BCUT2D eigenvalue weighted by Gasteiger charge is 2.23. The lowest BCUT2D eigenvalue weighted by Crippen LogP contribution is -2.11. The van der Waals surface area contributed by atoms with Crippen LogP contribution in [0.1, 0.15) is 21.9 Å². The van der Waals surface area contributed by atoms with E-state index in [1.807, 2.05) is 0 Å². The summed E-state index contributed by atoms with van der Waals surface area (Å²) in [6.07, 6.45) is 0. The molecule has 0 spiro atoms. The Labute approximate surface area is 128 Å². The fourth-order valence-electron chi connectivity index (χ4n) is 1.79. The molecule has 0 radical (unpaired) electrons. The molecule has 0 saturated heterocycles. The quantitative estimate of drug-likeness (QED) is 0.476. The molecular formula is C12H11BrN4O4. The number of methoxy groups -OCH3 is 1. The second-order valence-corrected chi connectivity index (χ2v) is 4.98. The van der Waals surface area contributed by atoms with Crippen LogP contribution in [0.5, 0.6) is 0 Å². The molecule has 0 amide bonds. The first-order valence-corrected chi connectivity index (χ1v) is 6.62. The molecule has 21 heavy (non-hydrogen) atoms. The summed E-state index contributed by atoms with van der Waals surface area (Å²) in [5, 5.41) is 15.3. The summed E-state index contributed by atoms with van der Waals surface area (Å²) in [5.41, 5.74) is 1.03. The molecule has 0 bridgehead atoms. The van der Waals surface area contributed by atoms with Crippen molar-refractivity contribution in [1.29, 1.82) is 0 Å². The Kier molecular flexibility index (Phi) is 4.03. The van der Waals surface area contributed by atoms with Gasteiger partial charge in [-0.3, -0.25) is 10.1 Å². The number of ether oxygens (including phenoxy) is 1. The van der Waals surface area contributed by atoms with E-state index in [-0.39, 0.29) is 17.2 Å². The summed E-state index contributed by atoms with van der Waals surface area (Å²) in [4.78, 5) is 26.1. The van der Waals surface area contributed by atoms with Crippen LogP contribution in [0.3, 0.4) is 0 Å². The van der Waals surface area contributed by atoms with Gasteiger partial charge in [0.25, 0.3) is 0 Å². The van der Waals surface area contributed by atoms with Gasteiger partial charge in [0.2, 0.25) is 5.82 Å². The average Bonchev–Trinajstić information content (AvgIpc) is 2.73. The van der Waals surface area contributed by atoms with Crippen molar-refractivity contribution in [2.24, 2.45) is 0 Å². The van der Waals surface area contributed by atoms with E-state index in [9.17, 15) is 14.9 Å². The van der Waals surface area contributed by atoms with Crippen LogP contribution in [0.25, 0.3) is 5.82 Å². The number of halogens is 1. The van der Waals surface area contributed by atoms with Gasteiger partial charge in [-0.05, 0) is 35.8 Å². The van der Waals surface area contributed by atoms with E-state index in [4.69, 9.17) is 0 Å². The zero-order chi connectivity index (χ0) is 15.7. The van der Waals surface area contributed by atoms with Gasteiger partial charge >= 0.3 is 11.7 Å². The lowest BCUT2D eigenvalue weighted by atomic mass is 10.3. The summed E-state index contributed by atoms with van der Waals surface area (Å²) < 4.78 is 6.62. The molecule has 0 fully saturated rings. The molecule has 0 N–H and O–H groups in total. The van der Waals surface area contributed by atoms with Gasteiger partial charge in [0.1, 0.15) is 0 Å². The van der Waals surface area contributed by atoms with Crippen LogP contribution in [0.2, 0.25) is 0 Å². The molecule has 0 aliphatic heterocycles. The van der Waals surface area contributed by atoms with Crippen LogP contribution in [0.4, 0.5) is 5.69 Å². The molecule has 0 saturated carbocycles. The van der Waals surface area contributed by atoms with Crippen molar-refractivity contribution in [3.63, 3.8) is 0 Å². The van der Waals surface area contributed by atoms with E-state index in [1.165, 1.54) is 23.9 Å². The smallest absolute Gasteiger partial charge is 0.356 e. The maximum absolute atomic E-state index is 11.5. The largest absolute Gasteiger partial charge is 0.464 e. The normalized spacial score (nSPS) is 10.5. The van der Waals surface area contributed by atoms with Crippen molar-refractivity contribution in [3.8, 4) is 5.82 Å². The van der Waals surface area contributed by atoms with Crippen LogP contribution in [0, 0.1) is 24.0 Å². The molecule has 2 rings (SSSR count). The lowest BCUT2D eigenvalue weighted by Gasteiger charge is -2.06. The number of esters is 1. The van der Waals surface area contributed by atoms with Gasteiger partial charge in [0.05, 0.1) is 27.9 Å². The summed E-state index contributed by atoms with van der Waals surface area (Å²) in [6.45, 7) is 3.49. The summed E-state index contributed by atoms with van der Waals surface area (Å²) in [6, 6.07) is 2.45. The minimum absolute atomic E-state index is 0.0261. The molecule has 2 aromatic heterocycles. The second kappa shape index (κ2) is 5.60. The Bertz CT molecular complexity index is 741. The van der Waals surface area contributed by atoms with Gasteiger partial charge in [0.15, 0.2) is 5.69 Å². The Morgan fingerprint density at radius 3 is 2.57 bits per heavy atom. The Morgan fingerprint density at radius 1 is 1.43 bits per heavy atom. The average molecular weight is 355 g/mol. The fourth-order valence-corrected chi connectivity index (χ4v) is 2.03. The first-order chi connectivity index (χ1) is 9.86. The number of hydrogen-bond donors (Lipinski definition) is 0. The molecule has 2 heterocycles. The standard InChI is InChI=1S/C12H11BrN4O4/c1-6-10(13)7(2)16(15-6)11-9(17(19)20)5-4-8(14-11)12(18)21-3/h4-5H,1-3H3. The Morgan fingerprint density at radius 2 is 2.10 bits per heavy atom. The highest BCUT2D eigenvalue weighted by Crippen LogP contribution is 2.27. The van der Waals surface area contributed by atoms with Gasteiger partial charge in [-0.25, -0.2) is 14.5 Å². The molecule has 2 aromatic rings. The summed E-state index contributed by atoms with van der Waals surface area (Å²) in [7, 11) is 1.21. The van der Waals surface area contributed by atoms with Crippen molar-refractivity contribution in [2.45, 2.75) is 13.8 Å². The fraction of sp³-hybridized carbons (Fsp3) is 0.250. The highest BCUT2D eigenvalue weighted by atomic mass is 79.9.